The molecule has 1 aliphatic carbocycles. The van der Waals surface area contributed by atoms with Crippen LogP contribution in [0.1, 0.15) is 28.8 Å². The fourth-order valence-electron chi connectivity index (χ4n) is 3.27. The highest BCUT2D eigenvalue weighted by Gasteiger charge is 2.21. The quantitative estimate of drug-likeness (QED) is 0.522. The Morgan fingerprint density at radius 3 is 2.60 bits per heavy atom. The molecule has 4 rings (SSSR count). The van der Waals surface area contributed by atoms with E-state index in [1.165, 1.54) is 12.8 Å². The molecule has 1 aromatic heterocycles. The van der Waals surface area contributed by atoms with Crippen molar-refractivity contribution in [2.75, 3.05) is 26.9 Å². The molecule has 156 valence electrons. The van der Waals surface area contributed by atoms with Crippen molar-refractivity contribution in [3.8, 4) is 17.0 Å². The summed E-state index contributed by atoms with van der Waals surface area (Å²) in [5, 5.41) is 7.67. The molecule has 1 heterocycles. The maximum Gasteiger partial charge on any atom is 0.255 e. The summed E-state index contributed by atoms with van der Waals surface area (Å²) in [6, 6.07) is 17.7. The second-order valence-electron chi connectivity index (χ2n) is 7.58. The van der Waals surface area contributed by atoms with Gasteiger partial charge in [0.25, 0.3) is 5.91 Å². The van der Waals surface area contributed by atoms with Crippen molar-refractivity contribution in [2.24, 2.45) is 5.92 Å². The molecule has 1 N–H and O–H groups in total. The minimum Gasteiger partial charge on any atom is -0.497 e. The van der Waals surface area contributed by atoms with Crippen LogP contribution >= 0.6 is 0 Å². The number of benzene rings is 2. The molecule has 30 heavy (non-hydrogen) atoms. The summed E-state index contributed by atoms with van der Waals surface area (Å²) >= 11 is 0. The Hall–Kier alpha value is -3.12. The highest BCUT2D eigenvalue weighted by atomic mass is 16.5. The summed E-state index contributed by atoms with van der Waals surface area (Å²) in [4.78, 5) is 12.9. The standard InChI is InChI=1S/C24H27N3O3/c1-29-21-11-9-20(10-12-21)23-22(24(28)25-13-14-30-17-19-7-8-19)16-27(26-23)15-18-5-3-2-4-6-18/h2-6,9-12,16,19H,7-8,13-15,17H2,1H3,(H,25,28). The first-order valence-corrected chi connectivity index (χ1v) is 10.3. The topological polar surface area (TPSA) is 65.4 Å². The average Bonchev–Trinajstić information content (AvgIpc) is 3.52. The van der Waals surface area contributed by atoms with Crippen molar-refractivity contribution in [3.63, 3.8) is 0 Å². The fourth-order valence-corrected chi connectivity index (χ4v) is 3.27. The number of methoxy groups -OCH3 is 1. The van der Waals surface area contributed by atoms with Gasteiger partial charge in [0.2, 0.25) is 0 Å². The minimum atomic E-state index is -0.143. The lowest BCUT2D eigenvalue weighted by Gasteiger charge is -2.07. The first-order chi connectivity index (χ1) is 14.7. The molecule has 0 radical (unpaired) electrons. The molecule has 1 aliphatic rings. The molecule has 1 fully saturated rings. The van der Waals surface area contributed by atoms with Crippen LogP contribution in [-0.4, -0.2) is 42.6 Å². The molecule has 1 saturated carbocycles. The molecule has 0 atom stereocenters. The van der Waals surface area contributed by atoms with E-state index in [0.29, 0.717) is 31.0 Å². The van der Waals surface area contributed by atoms with E-state index in [1.54, 1.807) is 7.11 Å². The molecule has 0 saturated heterocycles. The second kappa shape index (κ2) is 9.59. The van der Waals surface area contributed by atoms with Crippen molar-refractivity contribution in [1.82, 2.24) is 15.1 Å². The molecule has 0 spiro atoms. The normalized spacial score (nSPS) is 13.2. The van der Waals surface area contributed by atoms with E-state index in [0.717, 1.165) is 29.4 Å². The molecule has 0 bridgehead atoms. The number of nitrogens with one attached hydrogen (secondary N) is 1. The number of hydrogen-bond acceptors (Lipinski definition) is 4. The molecular formula is C24H27N3O3. The lowest BCUT2D eigenvalue weighted by Crippen LogP contribution is -2.27. The third-order valence-corrected chi connectivity index (χ3v) is 5.14. The van der Waals surface area contributed by atoms with E-state index in [-0.39, 0.29) is 5.91 Å². The monoisotopic (exact) mass is 405 g/mol. The van der Waals surface area contributed by atoms with Gasteiger partial charge in [0.1, 0.15) is 11.4 Å². The Morgan fingerprint density at radius 2 is 1.90 bits per heavy atom. The largest absolute Gasteiger partial charge is 0.497 e. The van der Waals surface area contributed by atoms with E-state index in [1.807, 2.05) is 65.5 Å². The minimum absolute atomic E-state index is 0.143. The Balaban J connectivity index is 1.50. The number of ether oxygens (including phenoxy) is 2. The van der Waals surface area contributed by atoms with E-state index in [4.69, 9.17) is 14.6 Å². The molecule has 0 unspecified atom stereocenters. The summed E-state index contributed by atoms with van der Waals surface area (Å²) < 4.78 is 12.7. The van der Waals surface area contributed by atoms with Crippen LogP contribution in [0.4, 0.5) is 0 Å². The zero-order valence-corrected chi connectivity index (χ0v) is 17.2. The van der Waals surface area contributed by atoms with Gasteiger partial charge in [-0.25, -0.2) is 0 Å². The third-order valence-electron chi connectivity index (χ3n) is 5.14. The lowest BCUT2D eigenvalue weighted by molar-refractivity contribution is 0.0907. The van der Waals surface area contributed by atoms with Crippen LogP contribution in [0.15, 0.2) is 60.8 Å². The zero-order valence-electron chi connectivity index (χ0n) is 17.2. The molecule has 2 aromatic carbocycles. The van der Waals surface area contributed by atoms with Gasteiger partial charge >= 0.3 is 0 Å². The smallest absolute Gasteiger partial charge is 0.255 e. The summed E-state index contributed by atoms with van der Waals surface area (Å²) in [6.07, 6.45) is 4.34. The number of nitrogens with zero attached hydrogens (tertiary/aromatic N) is 2. The van der Waals surface area contributed by atoms with Gasteiger partial charge in [-0.15, -0.1) is 0 Å². The predicted molar refractivity (Wildman–Crippen MR) is 116 cm³/mol. The fraction of sp³-hybridized carbons (Fsp3) is 0.333. The number of carbonyl (C=O) groups excluding carboxylic acids is 1. The Bertz CT molecular complexity index is 963. The maximum atomic E-state index is 12.9. The van der Waals surface area contributed by atoms with Crippen LogP contribution in [-0.2, 0) is 11.3 Å². The third kappa shape index (κ3) is 5.27. The molecule has 3 aromatic rings. The highest BCUT2D eigenvalue weighted by Crippen LogP contribution is 2.28. The number of rotatable bonds is 10. The van der Waals surface area contributed by atoms with Gasteiger partial charge < -0.3 is 14.8 Å². The van der Waals surface area contributed by atoms with Crippen molar-refractivity contribution < 1.29 is 14.3 Å². The SMILES string of the molecule is COc1ccc(-c2nn(Cc3ccccc3)cc2C(=O)NCCOCC2CC2)cc1. The Kier molecular flexibility index (Phi) is 6.44. The van der Waals surface area contributed by atoms with Gasteiger partial charge in [-0.05, 0) is 48.6 Å². The van der Waals surface area contributed by atoms with Gasteiger partial charge in [0, 0.05) is 24.9 Å². The first kappa shape index (κ1) is 20.2. The van der Waals surface area contributed by atoms with E-state index in [9.17, 15) is 4.79 Å². The van der Waals surface area contributed by atoms with E-state index >= 15 is 0 Å². The van der Waals surface area contributed by atoms with Crippen LogP contribution < -0.4 is 10.1 Å². The van der Waals surface area contributed by atoms with Crippen LogP contribution in [0.25, 0.3) is 11.3 Å². The van der Waals surface area contributed by atoms with Crippen LogP contribution in [0, 0.1) is 5.92 Å². The predicted octanol–water partition coefficient (Wildman–Crippen LogP) is 3.76. The van der Waals surface area contributed by atoms with Crippen LogP contribution in [0.5, 0.6) is 5.75 Å². The molecular weight excluding hydrogens is 378 g/mol. The summed E-state index contributed by atoms with van der Waals surface area (Å²) in [7, 11) is 1.63. The zero-order chi connectivity index (χ0) is 20.8. The summed E-state index contributed by atoms with van der Waals surface area (Å²) in [6.45, 7) is 2.40. The molecule has 6 heteroatoms. The van der Waals surface area contributed by atoms with Crippen molar-refractivity contribution in [3.05, 3.63) is 71.9 Å². The van der Waals surface area contributed by atoms with E-state index < -0.39 is 0 Å². The Morgan fingerprint density at radius 1 is 1.13 bits per heavy atom. The van der Waals surface area contributed by atoms with Crippen molar-refractivity contribution in [1.29, 1.82) is 0 Å². The average molecular weight is 405 g/mol. The lowest BCUT2D eigenvalue weighted by atomic mass is 10.1. The second-order valence-corrected chi connectivity index (χ2v) is 7.58. The number of hydrogen-bond donors (Lipinski definition) is 1. The summed E-state index contributed by atoms with van der Waals surface area (Å²) in [5.41, 5.74) is 3.21. The van der Waals surface area contributed by atoms with Crippen molar-refractivity contribution >= 4 is 5.91 Å². The maximum absolute atomic E-state index is 12.9. The number of carbonyl (C=O) groups is 1. The number of aromatic nitrogens is 2. The molecule has 1 amide bonds. The van der Waals surface area contributed by atoms with Gasteiger partial charge in [0.05, 0.1) is 25.8 Å². The number of amides is 1. The molecule has 0 aliphatic heterocycles. The van der Waals surface area contributed by atoms with Crippen molar-refractivity contribution in [2.45, 2.75) is 19.4 Å². The van der Waals surface area contributed by atoms with Crippen LogP contribution in [0.2, 0.25) is 0 Å². The Labute approximate surface area is 176 Å². The first-order valence-electron chi connectivity index (χ1n) is 10.3. The van der Waals surface area contributed by atoms with Crippen LogP contribution in [0.3, 0.4) is 0 Å². The summed E-state index contributed by atoms with van der Waals surface area (Å²) in [5.74, 6) is 1.34. The van der Waals surface area contributed by atoms with E-state index in [2.05, 4.69) is 5.32 Å². The van der Waals surface area contributed by atoms with Gasteiger partial charge in [0.15, 0.2) is 0 Å². The van der Waals surface area contributed by atoms with Gasteiger partial charge in [-0.2, -0.15) is 5.10 Å². The van der Waals surface area contributed by atoms with Gasteiger partial charge in [-0.3, -0.25) is 9.48 Å². The van der Waals surface area contributed by atoms with Gasteiger partial charge in [-0.1, -0.05) is 30.3 Å². The highest BCUT2D eigenvalue weighted by molar-refractivity contribution is 5.99. The molecule has 6 nitrogen and oxygen atoms in total.